The molecule has 0 fully saturated rings. The average Bonchev–Trinajstić information content (AvgIpc) is 3.10. The van der Waals surface area contributed by atoms with E-state index in [-0.39, 0.29) is 5.78 Å². The minimum Gasteiger partial charge on any atom is -0.457 e. The zero-order chi connectivity index (χ0) is 19.3. The van der Waals surface area contributed by atoms with Gasteiger partial charge in [-0.25, -0.2) is 4.41 Å². The van der Waals surface area contributed by atoms with Crippen molar-refractivity contribution in [2.45, 2.75) is 11.7 Å². The lowest BCUT2D eigenvalue weighted by molar-refractivity contribution is -0.111. The van der Waals surface area contributed by atoms with E-state index in [1.807, 2.05) is 72.8 Å². The number of carbonyl (C=O) groups is 1. The highest BCUT2D eigenvalue weighted by atomic mass is 35.5. The molecule has 1 spiro atoms. The van der Waals surface area contributed by atoms with Crippen molar-refractivity contribution in [3.63, 3.8) is 0 Å². The number of rotatable bonds is 2. The topological polar surface area (TPSA) is 41.9 Å². The SMILES string of the molecule is CC(=O)C1=NN(c2ccc(Cl)cc2)SC12c1ccccc1Oc1ccccc12. The molecule has 4 nitrogen and oxygen atoms in total. The normalized spacial score (nSPS) is 16.2. The zero-order valence-electron chi connectivity index (χ0n) is 14.9. The second-order valence-electron chi connectivity index (χ2n) is 6.62. The van der Waals surface area contributed by atoms with E-state index in [0.29, 0.717) is 10.7 Å². The van der Waals surface area contributed by atoms with Crippen LogP contribution in [0.15, 0.2) is 77.9 Å². The number of nitrogens with zero attached hydrogens (tertiary/aromatic N) is 2. The molecule has 5 rings (SSSR count). The molecule has 138 valence electrons. The number of Topliss-reactive ketones (excluding diaryl/α,β-unsaturated/α-hetero) is 1. The third-order valence-electron chi connectivity index (χ3n) is 4.88. The molecule has 0 unspecified atom stereocenters. The van der Waals surface area contributed by atoms with Crippen molar-refractivity contribution in [1.82, 2.24) is 0 Å². The number of hydrazone groups is 1. The maximum absolute atomic E-state index is 12.7. The first kappa shape index (κ1) is 17.3. The first-order valence-electron chi connectivity index (χ1n) is 8.81. The summed E-state index contributed by atoms with van der Waals surface area (Å²) in [4.78, 5) is 12.7. The maximum Gasteiger partial charge on any atom is 0.178 e. The lowest BCUT2D eigenvalue weighted by Crippen LogP contribution is -2.38. The molecule has 3 aromatic carbocycles. The van der Waals surface area contributed by atoms with Gasteiger partial charge < -0.3 is 4.74 Å². The number of hydrogen-bond acceptors (Lipinski definition) is 5. The second kappa shape index (κ2) is 6.40. The van der Waals surface area contributed by atoms with Crippen molar-refractivity contribution in [2.75, 3.05) is 4.41 Å². The number of benzene rings is 3. The van der Waals surface area contributed by atoms with Crippen molar-refractivity contribution in [3.05, 3.63) is 88.9 Å². The molecule has 2 heterocycles. The fraction of sp³-hybridized carbons (Fsp3) is 0.0909. The van der Waals surface area contributed by atoms with E-state index in [0.717, 1.165) is 28.3 Å². The minimum atomic E-state index is -0.767. The molecule has 0 aromatic heterocycles. The number of halogens is 1. The Labute approximate surface area is 171 Å². The standard InChI is InChI=1S/C22H15ClN2O2S/c1-14(26)21-22(28-25(24-21)16-12-10-15(23)11-13-16)17-6-2-4-8-19(17)27-20-9-5-3-7-18(20)22/h2-13H,1H3. The first-order valence-corrected chi connectivity index (χ1v) is 9.96. The van der Waals surface area contributed by atoms with Crippen LogP contribution >= 0.6 is 23.5 Å². The number of ether oxygens (including phenoxy) is 1. The number of anilines is 1. The Bertz CT molecular complexity index is 1080. The minimum absolute atomic E-state index is 0.0736. The molecule has 0 radical (unpaired) electrons. The van der Waals surface area contributed by atoms with Crippen LogP contribution in [-0.4, -0.2) is 11.5 Å². The number of ketones is 1. The van der Waals surface area contributed by atoms with E-state index < -0.39 is 4.75 Å². The summed E-state index contributed by atoms with van der Waals surface area (Å²) in [6, 6.07) is 23.1. The maximum atomic E-state index is 12.7. The van der Waals surface area contributed by atoms with E-state index in [1.165, 1.54) is 11.9 Å². The molecule has 0 amide bonds. The van der Waals surface area contributed by atoms with Gasteiger partial charge in [-0.2, -0.15) is 5.10 Å². The van der Waals surface area contributed by atoms with Crippen molar-refractivity contribution in [1.29, 1.82) is 0 Å². The van der Waals surface area contributed by atoms with Gasteiger partial charge in [0.15, 0.2) is 5.78 Å². The number of fused-ring (bicyclic) bond motifs is 4. The number of para-hydroxylation sites is 2. The third kappa shape index (κ3) is 2.47. The Hall–Kier alpha value is -2.76. The Morgan fingerprint density at radius 2 is 1.54 bits per heavy atom. The lowest BCUT2D eigenvalue weighted by atomic mass is 9.82. The van der Waals surface area contributed by atoms with Crippen LogP contribution in [-0.2, 0) is 9.54 Å². The summed E-state index contributed by atoms with van der Waals surface area (Å²) >= 11 is 7.54. The molecule has 28 heavy (non-hydrogen) atoms. The van der Waals surface area contributed by atoms with Crippen LogP contribution in [0.1, 0.15) is 18.1 Å². The summed E-state index contributed by atoms with van der Waals surface area (Å²) < 4.78 is 7.16. The van der Waals surface area contributed by atoms with Crippen molar-refractivity contribution >= 4 is 40.7 Å². The van der Waals surface area contributed by atoms with Gasteiger partial charge in [0.2, 0.25) is 0 Å². The van der Waals surface area contributed by atoms with Crippen LogP contribution in [0.5, 0.6) is 11.5 Å². The summed E-state index contributed by atoms with van der Waals surface area (Å²) in [5, 5.41) is 5.38. The average molecular weight is 407 g/mol. The van der Waals surface area contributed by atoms with Crippen LogP contribution in [0.25, 0.3) is 0 Å². The van der Waals surface area contributed by atoms with E-state index >= 15 is 0 Å². The number of carbonyl (C=O) groups excluding carboxylic acids is 1. The first-order chi connectivity index (χ1) is 13.6. The molecule has 6 heteroatoms. The predicted octanol–water partition coefficient (Wildman–Crippen LogP) is 5.80. The largest absolute Gasteiger partial charge is 0.457 e. The molecular weight excluding hydrogens is 392 g/mol. The van der Waals surface area contributed by atoms with Gasteiger partial charge in [-0.15, -0.1) is 0 Å². The van der Waals surface area contributed by atoms with E-state index in [9.17, 15) is 4.79 Å². The van der Waals surface area contributed by atoms with Gasteiger partial charge in [0.1, 0.15) is 22.0 Å². The molecule has 0 aliphatic carbocycles. The van der Waals surface area contributed by atoms with E-state index in [2.05, 4.69) is 0 Å². The van der Waals surface area contributed by atoms with Crippen LogP contribution < -0.4 is 9.15 Å². The Kier molecular flexibility index (Phi) is 3.96. The highest BCUT2D eigenvalue weighted by molar-refractivity contribution is 8.03. The fourth-order valence-corrected chi connectivity index (χ4v) is 5.20. The third-order valence-corrected chi connectivity index (χ3v) is 6.51. The molecule has 0 N–H and O–H groups in total. The summed E-state index contributed by atoms with van der Waals surface area (Å²) in [6.07, 6.45) is 0. The Balaban J connectivity index is 1.75. The highest BCUT2D eigenvalue weighted by Crippen LogP contribution is 2.59. The van der Waals surface area contributed by atoms with Crippen molar-refractivity contribution in [3.8, 4) is 11.5 Å². The van der Waals surface area contributed by atoms with Gasteiger partial charge in [-0.3, -0.25) is 4.79 Å². The second-order valence-corrected chi connectivity index (χ2v) is 8.20. The quantitative estimate of drug-likeness (QED) is 0.504. The van der Waals surface area contributed by atoms with Gasteiger partial charge in [0.25, 0.3) is 0 Å². The summed E-state index contributed by atoms with van der Waals surface area (Å²) in [5.41, 5.74) is 3.18. The van der Waals surface area contributed by atoms with Crippen molar-refractivity contribution < 1.29 is 9.53 Å². The molecule has 0 bridgehead atoms. The van der Waals surface area contributed by atoms with Gasteiger partial charge in [0, 0.05) is 23.1 Å². The fourth-order valence-electron chi connectivity index (χ4n) is 3.66. The Morgan fingerprint density at radius 1 is 0.964 bits per heavy atom. The van der Waals surface area contributed by atoms with Crippen LogP contribution in [0.3, 0.4) is 0 Å². The van der Waals surface area contributed by atoms with E-state index in [4.69, 9.17) is 21.4 Å². The lowest BCUT2D eigenvalue weighted by Gasteiger charge is -2.36. The smallest absolute Gasteiger partial charge is 0.178 e. The van der Waals surface area contributed by atoms with Gasteiger partial charge in [0.05, 0.1) is 5.69 Å². The Morgan fingerprint density at radius 3 is 2.11 bits per heavy atom. The van der Waals surface area contributed by atoms with Crippen LogP contribution in [0.4, 0.5) is 5.69 Å². The molecule has 2 aliphatic heterocycles. The van der Waals surface area contributed by atoms with Gasteiger partial charge in [-0.1, -0.05) is 48.0 Å². The molecule has 2 aliphatic rings. The molecular formula is C22H15ClN2O2S. The summed E-state index contributed by atoms with van der Waals surface area (Å²) in [7, 11) is 0. The summed E-state index contributed by atoms with van der Waals surface area (Å²) in [5.74, 6) is 1.40. The highest BCUT2D eigenvalue weighted by Gasteiger charge is 2.54. The van der Waals surface area contributed by atoms with Crippen molar-refractivity contribution in [2.24, 2.45) is 5.10 Å². The van der Waals surface area contributed by atoms with Crippen LogP contribution in [0, 0.1) is 0 Å². The monoisotopic (exact) mass is 406 g/mol. The molecule has 0 atom stereocenters. The van der Waals surface area contributed by atoms with Gasteiger partial charge >= 0.3 is 0 Å². The van der Waals surface area contributed by atoms with Gasteiger partial charge in [-0.05, 0) is 48.3 Å². The van der Waals surface area contributed by atoms with Crippen LogP contribution in [0.2, 0.25) is 5.02 Å². The summed E-state index contributed by atoms with van der Waals surface area (Å²) in [6.45, 7) is 1.56. The molecule has 3 aromatic rings. The predicted molar refractivity (Wildman–Crippen MR) is 113 cm³/mol. The molecule has 0 saturated heterocycles. The molecule has 0 saturated carbocycles. The van der Waals surface area contributed by atoms with E-state index in [1.54, 1.807) is 11.3 Å². The zero-order valence-corrected chi connectivity index (χ0v) is 16.5. The number of hydrogen-bond donors (Lipinski definition) is 0.